The number of rotatable bonds is 9. The first kappa shape index (κ1) is 14.2. The molecule has 0 radical (unpaired) electrons. The summed E-state index contributed by atoms with van der Waals surface area (Å²) in [7, 11) is 0. The Morgan fingerprint density at radius 3 is 3.00 bits per heavy atom. The zero-order valence-corrected chi connectivity index (χ0v) is 11.3. The van der Waals surface area contributed by atoms with E-state index in [0.29, 0.717) is 5.92 Å². The topological polar surface area (TPSA) is 39.1 Å². The molecule has 0 aromatic carbocycles. The second-order valence-electron chi connectivity index (χ2n) is 4.63. The van der Waals surface area contributed by atoms with Crippen molar-refractivity contribution in [3.8, 4) is 0 Å². The Bertz CT molecular complexity index is 297. The van der Waals surface area contributed by atoms with Crippen LogP contribution in [0, 0.1) is 5.92 Å². The van der Waals surface area contributed by atoms with Gasteiger partial charge in [-0.3, -0.25) is 4.68 Å². The van der Waals surface area contributed by atoms with Gasteiger partial charge in [-0.05, 0) is 31.9 Å². The highest BCUT2D eigenvalue weighted by Gasteiger charge is 2.03. The monoisotopic (exact) mass is 239 g/mol. The van der Waals surface area contributed by atoms with E-state index in [4.69, 9.17) is 4.74 Å². The summed E-state index contributed by atoms with van der Waals surface area (Å²) in [6.07, 6.45) is 2.94. The van der Waals surface area contributed by atoms with Gasteiger partial charge in [0.05, 0.1) is 5.69 Å². The van der Waals surface area contributed by atoms with Gasteiger partial charge in [-0.2, -0.15) is 5.10 Å². The van der Waals surface area contributed by atoms with Crippen LogP contribution in [0.2, 0.25) is 0 Å². The van der Waals surface area contributed by atoms with Gasteiger partial charge in [0.25, 0.3) is 0 Å². The van der Waals surface area contributed by atoms with Crippen LogP contribution in [-0.2, 0) is 17.8 Å². The lowest BCUT2D eigenvalue weighted by Gasteiger charge is -2.10. The van der Waals surface area contributed by atoms with Gasteiger partial charge in [0, 0.05) is 32.5 Å². The Morgan fingerprint density at radius 1 is 1.47 bits per heavy atom. The van der Waals surface area contributed by atoms with Crippen LogP contribution in [0.25, 0.3) is 0 Å². The molecular formula is C13H25N3O. The summed E-state index contributed by atoms with van der Waals surface area (Å²) in [4.78, 5) is 0. The molecule has 17 heavy (non-hydrogen) atoms. The fraction of sp³-hybridized carbons (Fsp3) is 0.769. The molecule has 1 aromatic rings. The predicted molar refractivity (Wildman–Crippen MR) is 69.9 cm³/mol. The maximum Gasteiger partial charge on any atom is 0.0522 e. The minimum absolute atomic E-state index is 0.631. The van der Waals surface area contributed by atoms with E-state index < -0.39 is 0 Å². The van der Waals surface area contributed by atoms with Crippen molar-refractivity contribution in [3.05, 3.63) is 18.0 Å². The first-order chi connectivity index (χ1) is 8.24. The zero-order chi connectivity index (χ0) is 12.5. The molecule has 4 nitrogen and oxygen atoms in total. The summed E-state index contributed by atoms with van der Waals surface area (Å²) in [5, 5.41) is 7.76. The summed E-state index contributed by atoms with van der Waals surface area (Å²) in [5.74, 6) is 0.631. The van der Waals surface area contributed by atoms with Crippen LogP contribution >= 0.6 is 0 Å². The molecule has 0 saturated carbocycles. The first-order valence-corrected chi connectivity index (χ1v) is 6.53. The maximum atomic E-state index is 5.29. The van der Waals surface area contributed by atoms with Gasteiger partial charge in [-0.25, -0.2) is 0 Å². The van der Waals surface area contributed by atoms with Crippen molar-refractivity contribution in [2.45, 2.75) is 40.3 Å². The van der Waals surface area contributed by atoms with Crippen LogP contribution in [0.1, 0.15) is 32.9 Å². The zero-order valence-electron chi connectivity index (χ0n) is 11.3. The van der Waals surface area contributed by atoms with Crippen molar-refractivity contribution in [2.24, 2.45) is 5.92 Å². The van der Waals surface area contributed by atoms with E-state index in [0.717, 1.165) is 39.3 Å². The van der Waals surface area contributed by atoms with Crippen molar-refractivity contribution in [1.29, 1.82) is 0 Å². The Balaban J connectivity index is 2.20. The summed E-state index contributed by atoms with van der Waals surface area (Å²) in [5.41, 5.74) is 1.26. The van der Waals surface area contributed by atoms with Crippen LogP contribution in [0.4, 0.5) is 0 Å². The van der Waals surface area contributed by atoms with E-state index in [9.17, 15) is 0 Å². The van der Waals surface area contributed by atoms with Gasteiger partial charge < -0.3 is 10.1 Å². The Labute approximate surface area is 104 Å². The van der Waals surface area contributed by atoms with Crippen LogP contribution in [0.5, 0.6) is 0 Å². The number of ether oxygens (including phenoxy) is 1. The van der Waals surface area contributed by atoms with E-state index in [1.54, 1.807) is 0 Å². The molecule has 0 aliphatic rings. The van der Waals surface area contributed by atoms with E-state index >= 15 is 0 Å². The molecule has 0 aliphatic carbocycles. The molecule has 4 heteroatoms. The molecule has 1 rings (SSSR count). The maximum absolute atomic E-state index is 5.29. The van der Waals surface area contributed by atoms with Crippen molar-refractivity contribution >= 4 is 0 Å². The van der Waals surface area contributed by atoms with Gasteiger partial charge >= 0.3 is 0 Å². The Hall–Kier alpha value is -0.870. The standard InChI is InChI=1S/C13H25N3O/c1-4-17-9-5-7-14-10-13-6-8-15-16(13)11-12(2)3/h6,8,12,14H,4-5,7,9-11H2,1-3H3. The third kappa shape index (κ3) is 5.84. The molecule has 1 aromatic heterocycles. The summed E-state index contributed by atoms with van der Waals surface area (Å²) >= 11 is 0. The third-order valence-electron chi connectivity index (χ3n) is 2.50. The normalized spacial score (nSPS) is 11.3. The van der Waals surface area contributed by atoms with E-state index in [2.05, 4.69) is 35.0 Å². The minimum Gasteiger partial charge on any atom is -0.382 e. The van der Waals surface area contributed by atoms with Crippen LogP contribution < -0.4 is 5.32 Å². The second-order valence-corrected chi connectivity index (χ2v) is 4.63. The molecule has 0 aliphatic heterocycles. The van der Waals surface area contributed by atoms with Crippen molar-refractivity contribution in [1.82, 2.24) is 15.1 Å². The highest BCUT2D eigenvalue weighted by Crippen LogP contribution is 2.03. The fourth-order valence-corrected chi connectivity index (χ4v) is 1.68. The molecule has 0 spiro atoms. The highest BCUT2D eigenvalue weighted by atomic mass is 16.5. The molecule has 0 bridgehead atoms. The van der Waals surface area contributed by atoms with Gasteiger partial charge in [0.2, 0.25) is 0 Å². The molecule has 1 N–H and O–H groups in total. The molecule has 98 valence electrons. The lowest BCUT2D eigenvalue weighted by atomic mass is 10.2. The average molecular weight is 239 g/mol. The smallest absolute Gasteiger partial charge is 0.0522 e. The molecule has 0 saturated heterocycles. The summed E-state index contributed by atoms with van der Waals surface area (Å²) in [6.45, 7) is 11.0. The lowest BCUT2D eigenvalue weighted by molar-refractivity contribution is 0.144. The van der Waals surface area contributed by atoms with Crippen LogP contribution in [0.3, 0.4) is 0 Å². The largest absolute Gasteiger partial charge is 0.382 e. The van der Waals surface area contributed by atoms with E-state index in [1.807, 2.05) is 13.1 Å². The second kappa shape index (κ2) is 8.25. The van der Waals surface area contributed by atoms with E-state index in [1.165, 1.54) is 5.69 Å². The van der Waals surface area contributed by atoms with Crippen molar-refractivity contribution in [3.63, 3.8) is 0 Å². The molecular weight excluding hydrogens is 214 g/mol. The van der Waals surface area contributed by atoms with Crippen LogP contribution in [-0.4, -0.2) is 29.5 Å². The van der Waals surface area contributed by atoms with Gasteiger partial charge in [0.1, 0.15) is 0 Å². The predicted octanol–water partition coefficient (Wildman–Crippen LogP) is 2.06. The van der Waals surface area contributed by atoms with E-state index in [-0.39, 0.29) is 0 Å². The first-order valence-electron chi connectivity index (χ1n) is 6.53. The Kier molecular flexibility index (Phi) is 6.89. The number of nitrogens with one attached hydrogen (secondary N) is 1. The van der Waals surface area contributed by atoms with Gasteiger partial charge in [0.15, 0.2) is 0 Å². The average Bonchev–Trinajstić information content (AvgIpc) is 2.70. The number of hydrogen-bond acceptors (Lipinski definition) is 3. The number of hydrogen-bond donors (Lipinski definition) is 1. The summed E-state index contributed by atoms with van der Waals surface area (Å²) < 4.78 is 7.37. The van der Waals surface area contributed by atoms with Crippen molar-refractivity contribution < 1.29 is 4.74 Å². The number of aromatic nitrogens is 2. The SMILES string of the molecule is CCOCCCNCc1ccnn1CC(C)C. The minimum atomic E-state index is 0.631. The molecule has 0 atom stereocenters. The highest BCUT2D eigenvalue weighted by molar-refractivity contribution is 5.00. The Morgan fingerprint density at radius 2 is 2.29 bits per heavy atom. The molecule has 0 fully saturated rings. The summed E-state index contributed by atoms with van der Waals surface area (Å²) in [6, 6.07) is 2.08. The van der Waals surface area contributed by atoms with Gasteiger partial charge in [-0.1, -0.05) is 13.8 Å². The molecule has 0 amide bonds. The fourth-order valence-electron chi connectivity index (χ4n) is 1.68. The van der Waals surface area contributed by atoms with Gasteiger partial charge in [-0.15, -0.1) is 0 Å². The van der Waals surface area contributed by atoms with Crippen LogP contribution in [0.15, 0.2) is 12.3 Å². The number of nitrogens with zero attached hydrogens (tertiary/aromatic N) is 2. The molecule has 0 unspecified atom stereocenters. The van der Waals surface area contributed by atoms with Crippen molar-refractivity contribution in [2.75, 3.05) is 19.8 Å². The molecule has 1 heterocycles. The quantitative estimate of drug-likeness (QED) is 0.670. The third-order valence-corrected chi connectivity index (χ3v) is 2.50. The lowest BCUT2D eigenvalue weighted by Crippen LogP contribution is -2.20.